The smallest absolute Gasteiger partial charge is 0.124 e. The molecule has 0 radical (unpaired) electrons. The molecule has 4 heteroatoms. The van der Waals surface area contributed by atoms with Gasteiger partial charge >= 0.3 is 0 Å². The Morgan fingerprint density at radius 1 is 1.20 bits per heavy atom. The molecule has 1 aromatic carbocycles. The third-order valence-corrected chi connectivity index (χ3v) is 3.85. The van der Waals surface area contributed by atoms with E-state index in [1.165, 1.54) is 0 Å². The quantitative estimate of drug-likeness (QED) is 0.667. The van der Waals surface area contributed by atoms with Gasteiger partial charge in [0.25, 0.3) is 0 Å². The molecule has 0 spiro atoms. The predicted molar refractivity (Wildman–Crippen MR) is 84.0 cm³/mol. The number of benzene rings is 1. The number of pyridine rings is 1. The third-order valence-electron chi connectivity index (χ3n) is 3.61. The van der Waals surface area contributed by atoms with Crippen LogP contribution in [0.2, 0.25) is 0 Å². The standard InChI is InChI=1S/C16H18ClN3/c1-11(2)7-8-20-15(9-17)19-14-10-18-13-6-4-3-5-12(13)16(14)20/h3-6,10-11H,7-9H2,1-2H3. The van der Waals surface area contributed by atoms with Crippen molar-refractivity contribution in [3.63, 3.8) is 0 Å². The lowest BCUT2D eigenvalue weighted by atomic mass is 10.1. The highest BCUT2D eigenvalue weighted by molar-refractivity contribution is 6.17. The number of hydrogen-bond acceptors (Lipinski definition) is 2. The highest BCUT2D eigenvalue weighted by Crippen LogP contribution is 2.26. The van der Waals surface area contributed by atoms with Crippen molar-refractivity contribution in [1.82, 2.24) is 14.5 Å². The van der Waals surface area contributed by atoms with Gasteiger partial charge in [0.15, 0.2) is 0 Å². The molecule has 0 fully saturated rings. The third kappa shape index (κ3) is 2.27. The van der Waals surface area contributed by atoms with Crippen molar-refractivity contribution < 1.29 is 0 Å². The van der Waals surface area contributed by atoms with E-state index in [0.717, 1.165) is 40.7 Å². The van der Waals surface area contributed by atoms with E-state index in [2.05, 4.69) is 34.4 Å². The number of aromatic nitrogens is 3. The molecule has 0 N–H and O–H groups in total. The van der Waals surface area contributed by atoms with E-state index in [1.54, 1.807) is 0 Å². The maximum Gasteiger partial charge on any atom is 0.124 e. The second kappa shape index (κ2) is 5.41. The van der Waals surface area contributed by atoms with E-state index in [-0.39, 0.29) is 0 Å². The van der Waals surface area contributed by atoms with E-state index in [4.69, 9.17) is 11.6 Å². The summed E-state index contributed by atoms with van der Waals surface area (Å²) in [4.78, 5) is 9.10. The number of halogens is 1. The van der Waals surface area contributed by atoms with E-state index in [0.29, 0.717) is 11.8 Å². The maximum absolute atomic E-state index is 6.07. The monoisotopic (exact) mass is 287 g/mol. The zero-order chi connectivity index (χ0) is 14.1. The van der Waals surface area contributed by atoms with Crippen molar-refractivity contribution in [2.75, 3.05) is 0 Å². The number of rotatable bonds is 4. The lowest BCUT2D eigenvalue weighted by molar-refractivity contribution is 0.516. The highest BCUT2D eigenvalue weighted by atomic mass is 35.5. The van der Waals surface area contributed by atoms with Gasteiger partial charge in [0, 0.05) is 11.9 Å². The summed E-state index contributed by atoms with van der Waals surface area (Å²) in [7, 11) is 0. The van der Waals surface area contributed by atoms with Gasteiger partial charge in [-0.15, -0.1) is 11.6 Å². The molecule has 0 atom stereocenters. The number of para-hydroxylation sites is 1. The van der Waals surface area contributed by atoms with E-state index >= 15 is 0 Å². The number of fused-ring (bicyclic) bond motifs is 3. The largest absolute Gasteiger partial charge is 0.326 e. The van der Waals surface area contributed by atoms with E-state index < -0.39 is 0 Å². The van der Waals surface area contributed by atoms with Crippen LogP contribution in [0.5, 0.6) is 0 Å². The van der Waals surface area contributed by atoms with Crippen molar-refractivity contribution >= 4 is 33.5 Å². The first-order chi connectivity index (χ1) is 9.70. The van der Waals surface area contributed by atoms with Crippen molar-refractivity contribution in [3.8, 4) is 0 Å². The first kappa shape index (κ1) is 13.4. The van der Waals surface area contributed by atoms with Crippen LogP contribution in [-0.2, 0) is 12.4 Å². The highest BCUT2D eigenvalue weighted by Gasteiger charge is 2.13. The molecule has 0 saturated carbocycles. The van der Waals surface area contributed by atoms with Crippen molar-refractivity contribution in [2.24, 2.45) is 5.92 Å². The number of aryl methyl sites for hydroxylation is 1. The Labute approximate surface area is 123 Å². The minimum atomic E-state index is 0.432. The van der Waals surface area contributed by atoms with Gasteiger partial charge in [-0.05, 0) is 18.4 Å². The molecule has 0 amide bonds. The molecule has 20 heavy (non-hydrogen) atoms. The Morgan fingerprint density at radius 2 is 2.00 bits per heavy atom. The van der Waals surface area contributed by atoms with Crippen LogP contribution in [0.25, 0.3) is 21.9 Å². The summed E-state index contributed by atoms with van der Waals surface area (Å²) < 4.78 is 2.26. The first-order valence-corrected chi connectivity index (χ1v) is 7.53. The molecule has 104 valence electrons. The van der Waals surface area contributed by atoms with Gasteiger partial charge < -0.3 is 4.57 Å². The summed E-state index contributed by atoms with van der Waals surface area (Å²) in [5, 5.41) is 1.15. The van der Waals surface area contributed by atoms with Crippen LogP contribution in [-0.4, -0.2) is 14.5 Å². The zero-order valence-corrected chi connectivity index (χ0v) is 12.6. The number of alkyl halides is 1. The average molecular weight is 288 g/mol. The van der Waals surface area contributed by atoms with Crippen LogP contribution in [0, 0.1) is 5.92 Å². The molecule has 0 bridgehead atoms. The molecule has 2 heterocycles. The van der Waals surface area contributed by atoms with Crippen molar-refractivity contribution in [3.05, 3.63) is 36.3 Å². The molecule has 0 aliphatic carbocycles. The second-order valence-corrected chi connectivity index (χ2v) is 5.77. The molecule has 0 aliphatic heterocycles. The van der Waals surface area contributed by atoms with Crippen LogP contribution in [0.3, 0.4) is 0 Å². The zero-order valence-electron chi connectivity index (χ0n) is 11.8. The molecular formula is C16H18ClN3. The fourth-order valence-corrected chi connectivity index (χ4v) is 2.74. The lowest BCUT2D eigenvalue weighted by Gasteiger charge is -2.10. The van der Waals surface area contributed by atoms with Crippen molar-refractivity contribution in [2.45, 2.75) is 32.7 Å². The molecule has 2 aromatic heterocycles. The molecule has 3 rings (SSSR count). The topological polar surface area (TPSA) is 30.7 Å². The summed E-state index contributed by atoms with van der Waals surface area (Å²) >= 11 is 6.07. The van der Waals surface area contributed by atoms with Gasteiger partial charge in [0.05, 0.1) is 23.1 Å². The summed E-state index contributed by atoms with van der Waals surface area (Å²) in [6, 6.07) is 8.20. The van der Waals surface area contributed by atoms with Crippen LogP contribution >= 0.6 is 11.6 Å². The average Bonchev–Trinajstić information content (AvgIpc) is 2.83. The van der Waals surface area contributed by atoms with Gasteiger partial charge in [0.1, 0.15) is 11.3 Å². The van der Waals surface area contributed by atoms with Crippen molar-refractivity contribution in [1.29, 1.82) is 0 Å². The van der Waals surface area contributed by atoms with Crippen LogP contribution < -0.4 is 0 Å². The van der Waals surface area contributed by atoms with Crippen LogP contribution in [0.4, 0.5) is 0 Å². The normalized spacial score (nSPS) is 11.8. The first-order valence-electron chi connectivity index (χ1n) is 6.99. The number of hydrogen-bond donors (Lipinski definition) is 0. The van der Waals surface area contributed by atoms with Gasteiger partial charge in [-0.3, -0.25) is 4.98 Å². The number of nitrogens with zero attached hydrogens (tertiary/aromatic N) is 3. The Hall–Kier alpha value is -1.61. The molecule has 0 aliphatic rings. The summed E-state index contributed by atoms with van der Waals surface area (Å²) in [5.41, 5.74) is 3.10. The summed E-state index contributed by atoms with van der Waals surface area (Å²) in [6.07, 6.45) is 2.96. The fourth-order valence-electron chi connectivity index (χ4n) is 2.54. The van der Waals surface area contributed by atoms with Crippen LogP contribution in [0.15, 0.2) is 30.5 Å². The minimum Gasteiger partial charge on any atom is -0.326 e. The maximum atomic E-state index is 6.07. The Balaban J connectivity index is 2.25. The van der Waals surface area contributed by atoms with Crippen LogP contribution in [0.1, 0.15) is 26.1 Å². The summed E-state index contributed by atoms with van der Waals surface area (Å²) in [6.45, 7) is 5.42. The number of imidazole rings is 1. The fraction of sp³-hybridized carbons (Fsp3) is 0.375. The molecule has 3 aromatic rings. The Bertz CT molecular complexity index is 746. The summed E-state index contributed by atoms with van der Waals surface area (Å²) in [5.74, 6) is 2.02. The second-order valence-electron chi connectivity index (χ2n) is 5.51. The predicted octanol–water partition coefficient (Wildman–Crippen LogP) is 4.37. The van der Waals surface area contributed by atoms with Gasteiger partial charge in [-0.1, -0.05) is 32.0 Å². The molecule has 0 saturated heterocycles. The van der Waals surface area contributed by atoms with Gasteiger partial charge in [-0.2, -0.15) is 0 Å². The Morgan fingerprint density at radius 3 is 2.75 bits per heavy atom. The molecular weight excluding hydrogens is 270 g/mol. The minimum absolute atomic E-state index is 0.432. The molecule has 0 unspecified atom stereocenters. The van der Waals surface area contributed by atoms with Gasteiger partial charge in [0.2, 0.25) is 0 Å². The molecule has 3 nitrogen and oxygen atoms in total. The van der Waals surface area contributed by atoms with E-state index in [9.17, 15) is 0 Å². The lowest BCUT2D eigenvalue weighted by Crippen LogP contribution is -2.05. The van der Waals surface area contributed by atoms with Gasteiger partial charge in [-0.25, -0.2) is 4.98 Å². The SMILES string of the molecule is CC(C)CCn1c(CCl)nc2cnc3ccccc3c21. The Kier molecular flexibility index (Phi) is 3.62. The van der Waals surface area contributed by atoms with E-state index in [1.807, 2.05) is 24.4 Å².